The van der Waals surface area contributed by atoms with Crippen molar-refractivity contribution in [1.29, 1.82) is 0 Å². The summed E-state index contributed by atoms with van der Waals surface area (Å²) < 4.78 is 9.40. The lowest BCUT2D eigenvalue weighted by Gasteiger charge is -2.02. The summed E-state index contributed by atoms with van der Waals surface area (Å²) in [5.74, 6) is 0.248. The van der Waals surface area contributed by atoms with Crippen LogP contribution in [0.1, 0.15) is 27.7 Å². The molecule has 86 valence electrons. The lowest BCUT2D eigenvalue weighted by molar-refractivity contribution is -0.141. The SMILES string of the molecule is CC(=O)OCC(C)C.CCOCCO. The molecule has 0 aromatic heterocycles. The Balaban J connectivity index is 0. The minimum absolute atomic E-state index is 0.133. The third kappa shape index (κ3) is 22.5. The monoisotopic (exact) mass is 206 g/mol. The average molecular weight is 206 g/mol. The minimum atomic E-state index is -0.196. The van der Waals surface area contributed by atoms with E-state index in [2.05, 4.69) is 4.74 Å². The molecule has 0 amide bonds. The summed E-state index contributed by atoms with van der Waals surface area (Å²) in [6.45, 7) is 9.16. The van der Waals surface area contributed by atoms with Gasteiger partial charge in [-0.3, -0.25) is 4.79 Å². The van der Waals surface area contributed by atoms with Gasteiger partial charge in [-0.1, -0.05) is 13.8 Å². The highest BCUT2D eigenvalue weighted by atomic mass is 16.5. The molecule has 0 aliphatic carbocycles. The van der Waals surface area contributed by atoms with Crippen LogP contribution in [0.3, 0.4) is 0 Å². The maximum atomic E-state index is 10.1. The summed E-state index contributed by atoms with van der Waals surface area (Å²) in [6.07, 6.45) is 0. The van der Waals surface area contributed by atoms with E-state index >= 15 is 0 Å². The first-order valence-corrected chi connectivity index (χ1v) is 4.86. The number of ether oxygens (including phenoxy) is 2. The van der Waals surface area contributed by atoms with Gasteiger partial charge in [-0.15, -0.1) is 0 Å². The van der Waals surface area contributed by atoms with E-state index in [1.807, 2.05) is 20.8 Å². The highest BCUT2D eigenvalue weighted by Gasteiger charge is 1.94. The quantitative estimate of drug-likeness (QED) is 0.543. The molecular weight excluding hydrogens is 184 g/mol. The van der Waals surface area contributed by atoms with Crippen LogP contribution in [0, 0.1) is 5.92 Å². The zero-order valence-corrected chi connectivity index (χ0v) is 9.58. The lowest BCUT2D eigenvalue weighted by atomic mass is 10.2. The number of carbonyl (C=O) groups is 1. The highest BCUT2D eigenvalue weighted by molar-refractivity contribution is 5.65. The summed E-state index contributed by atoms with van der Waals surface area (Å²) in [5.41, 5.74) is 0. The molecule has 4 heteroatoms. The molecule has 0 spiro atoms. The zero-order valence-electron chi connectivity index (χ0n) is 9.58. The lowest BCUT2D eigenvalue weighted by Crippen LogP contribution is -2.05. The topological polar surface area (TPSA) is 55.8 Å². The van der Waals surface area contributed by atoms with Gasteiger partial charge in [-0.2, -0.15) is 0 Å². The van der Waals surface area contributed by atoms with Crippen LogP contribution < -0.4 is 0 Å². The Hall–Kier alpha value is -0.610. The predicted molar refractivity (Wildman–Crippen MR) is 55.0 cm³/mol. The smallest absolute Gasteiger partial charge is 0.302 e. The second-order valence-electron chi connectivity index (χ2n) is 3.12. The van der Waals surface area contributed by atoms with E-state index in [4.69, 9.17) is 9.84 Å². The van der Waals surface area contributed by atoms with Crippen LogP contribution in [0.4, 0.5) is 0 Å². The molecule has 0 radical (unpaired) electrons. The van der Waals surface area contributed by atoms with Crippen molar-refractivity contribution in [1.82, 2.24) is 0 Å². The van der Waals surface area contributed by atoms with Gasteiger partial charge in [0.25, 0.3) is 0 Å². The third-order valence-corrected chi connectivity index (χ3v) is 1.06. The molecule has 0 aromatic rings. The normalized spacial score (nSPS) is 9.29. The molecule has 0 saturated carbocycles. The Kier molecular flexibility index (Phi) is 14.0. The van der Waals surface area contributed by atoms with Crippen LogP contribution in [0.2, 0.25) is 0 Å². The molecule has 4 nitrogen and oxygen atoms in total. The van der Waals surface area contributed by atoms with Crippen LogP contribution in [0.25, 0.3) is 0 Å². The van der Waals surface area contributed by atoms with E-state index in [9.17, 15) is 4.79 Å². The number of hydrogen-bond acceptors (Lipinski definition) is 4. The second kappa shape index (κ2) is 12.4. The molecule has 14 heavy (non-hydrogen) atoms. The molecule has 0 saturated heterocycles. The van der Waals surface area contributed by atoms with Crippen molar-refractivity contribution in [3.8, 4) is 0 Å². The fraction of sp³-hybridized carbons (Fsp3) is 0.900. The van der Waals surface area contributed by atoms with Gasteiger partial charge < -0.3 is 14.6 Å². The first-order chi connectivity index (χ1) is 6.54. The second-order valence-corrected chi connectivity index (χ2v) is 3.12. The number of aliphatic hydroxyl groups excluding tert-OH is 1. The summed E-state index contributed by atoms with van der Waals surface area (Å²) in [5, 5.41) is 8.07. The van der Waals surface area contributed by atoms with Gasteiger partial charge in [0.1, 0.15) is 0 Å². The Morgan fingerprint density at radius 1 is 1.43 bits per heavy atom. The van der Waals surface area contributed by atoms with Gasteiger partial charge in [-0.25, -0.2) is 0 Å². The zero-order chi connectivity index (χ0) is 11.4. The van der Waals surface area contributed by atoms with Crippen LogP contribution in [0.15, 0.2) is 0 Å². The van der Waals surface area contributed by atoms with Crippen molar-refractivity contribution < 1.29 is 19.4 Å². The first kappa shape index (κ1) is 15.8. The maximum absolute atomic E-state index is 10.1. The van der Waals surface area contributed by atoms with Crippen LogP contribution in [0.5, 0.6) is 0 Å². The van der Waals surface area contributed by atoms with Crippen molar-refractivity contribution in [3.05, 3.63) is 0 Å². The van der Waals surface area contributed by atoms with Crippen molar-refractivity contribution in [2.75, 3.05) is 26.4 Å². The number of carbonyl (C=O) groups excluding carboxylic acids is 1. The molecule has 0 unspecified atom stereocenters. The molecule has 0 bridgehead atoms. The molecule has 0 fully saturated rings. The van der Waals surface area contributed by atoms with Gasteiger partial charge in [0.15, 0.2) is 0 Å². The van der Waals surface area contributed by atoms with E-state index in [0.29, 0.717) is 25.7 Å². The number of aliphatic hydroxyl groups is 1. The fourth-order valence-electron chi connectivity index (χ4n) is 0.493. The van der Waals surface area contributed by atoms with Crippen LogP contribution >= 0.6 is 0 Å². The number of rotatable bonds is 5. The van der Waals surface area contributed by atoms with Crippen molar-refractivity contribution >= 4 is 5.97 Å². The van der Waals surface area contributed by atoms with E-state index in [0.717, 1.165) is 0 Å². The van der Waals surface area contributed by atoms with E-state index in [1.54, 1.807) is 0 Å². The molecule has 1 N–H and O–H groups in total. The van der Waals surface area contributed by atoms with Gasteiger partial charge in [-0.05, 0) is 12.8 Å². The van der Waals surface area contributed by atoms with Crippen molar-refractivity contribution in [2.45, 2.75) is 27.7 Å². The third-order valence-electron chi connectivity index (χ3n) is 1.06. The molecule has 0 aliphatic heterocycles. The van der Waals surface area contributed by atoms with Gasteiger partial charge >= 0.3 is 5.97 Å². The molecule has 0 rings (SSSR count). The average Bonchev–Trinajstić information content (AvgIpc) is 2.12. The Morgan fingerprint density at radius 2 is 2.00 bits per heavy atom. The van der Waals surface area contributed by atoms with Crippen molar-refractivity contribution in [2.24, 2.45) is 5.92 Å². The van der Waals surface area contributed by atoms with Gasteiger partial charge in [0.2, 0.25) is 0 Å². The fourth-order valence-corrected chi connectivity index (χ4v) is 0.493. The molecule has 0 atom stereocenters. The van der Waals surface area contributed by atoms with E-state index in [-0.39, 0.29) is 12.6 Å². The molecule has 0 aromatic carbocycles. The van der Waals surface area contributed by atoms with Crippen molar-refractivity contribution in [3.63, 3.8) is 0 Å². The van der Waals surface area contributed by atoms with E-state index < -0.39 is 0 Å². The largest absolute Gasteiger partial charge is 0.466 e. The van der Waals surface area contributed by atoms with Gasteiger partial charge in [0, 0.05) is 13.5 Å². The molecular formula is C10H22O4. The van der Waals surface area contributed by atoms with Crippen LogP contribution in [-0.4, -0.2) is 37.5 Å². The standard InChI is InChI=1S/C6H12O2.C4H10O2/c1-5(2)4-8-6(3)7;1-2-6-4-3-5/h5H,4H2,1-3H3;5H,2-4H2,1H3. The predicted octanol–water partition coefficient (Wildman–Crippen LogP) is 1.22. The Labute approximate surface area is 86.2 Å². The molecule has 0 aliphatic rings. The summed E-state index contributed by atoms with van der Waals surface area (Å²) in [4.78, 5) is 10.1. The minimum Gasteiger partial charge on any atom is -0.466 e. The number of hydrogen-bond donors (Lipinski definition) is 1. The maximum Gasteiger partial charge on any atom is 0.302 e. The summed E-state index contributed by atoms with van der Waals surface area (Å²) >= 11 is 0. The van der Waals surface area contributed by atoms with E-state index in [1.165, 1.54) is 6.92 Å². The first-order valence-electron chi connectivity index (χ1n) is 4.86. The molecule has 0 heterocycles. The Bertz CT molecular complexity index is 119. The summed E-state index contributed by atoms with van der Waals surface area (Å²) in [7, 11) is 0. The van der Waals surface area contributed by atoms with Crippen LogP contribution in [-0.2, 0) is 14.3 Å². The Morgan fingerprint density at radius 3 is 2.14 bits per heavy atom. The van der Waals surface area contributed by atoms with Gasteiger partial charge in [0.05, 0.1) is 19.8 Å². The number of esters is 1. The summed E-state index contributed by atoms with van der Waals surface area (Å²) in [6, 6.07) is 0. The highest BCUT2D eigenvalue weighted by Crippen LogP contribution is 1.91.